The summed E-state index contributed by atoms with van der Waals surface area (Å²) in [4.78, 5) is 14.2. The van der Waals surface area contributed by atoms with Crippen molar-refractivity contribution in [1.82, 2.24) is 19.9 Å². The minimum Gasteiger partial charge on any atom is -0.395 e. The second-order valence-corrected chi connectivity index (χ2v) is 8.42. The van der Waals surface area contributed by atoms with Gasteiger partial charge < -0.3 is 10.4 Å². The number of pyridine rings is 1. The number of hydrogen-bond donors (Lipinski definition) is 2. The molecule has 0 atom stereocenters. The molecular weight excluding hydrogens is 420 g/mol. The molecule has 32 heavy (non-hydrogen) atoms. The second-order valence-electron chi connectivity index (χ2n) is 7.27. The van der Waals surface area contributed by atoms with Gasteiger partial charge in [-0.1, -0.05) is 54.2 Å². The molecule has 5 rings (SSSR count). The first kappa shape index (κ1) is 20.2. The van der Waals surface area contributed by atoms with E-state index in [1.807, 2.05) is 40.8 Å². The van der Waals surface area contributed by atoms with Crippen molar-refractivity contribution in [2.75, 3.05) is 13.2 Å². The van der Waals surface area contributed by atoms with E-state index in [1.54, 1.807) is 24.2 Å². The highest BCUT2D eigenvalue weighted by atomic mass is 32.2. The molecule has 0 radical (unpaired) electrons. The first-order valence-electron chi connectivity index (χ1n) is 10.2. The maximum absolute atomic E-state index is 12.2. The number of benzene rings is 3. The molecule has 5 aromatic rings. The van der Waals surface area contributed by atoms with Crippen molar-refractivity contribution in [3.8, 4) is 11.1 Å². The lowest BCUT2D eigenvalue weighted by atomic mass is 10.0. The minimum atomic E-state index is -0.196. The highest BCUT2D eigenvalue weighted by Crippen LogP contribution is 2.35. The van der Waals surface area contributed by atoms with E-state index in [4.69, 9.17) is 5.11 Å². The van der Waals surface area contributed by atoms with Crippen LogP contribution in [-0.4, -0.2) is 38.8 Å². The van der Waals surface area contributed by atoms with Gasteiger partial charge >= 0.3 is 0 Å². The number of carbonyl (C=O) groups is 1. The number of nitrogens with one attached hydrogen (secondary N) is 1. The number of rotatable bonds is 6. The van der Waals surface area contributed by atoms with Crippen LogP contribution in [0, 0.1) is 0 Å². The van der Waals surface area contributed by atoms with Crippen LogP contribution in [0.4, 0.5) is 0 Å². The Balaban J connectivity index is 1.54. The molecular formula is C25H20N4O2S. The van der Waals surface area contributed by atoms with E-state index < -0.39 is 0 Å². The Bertz CT molecular complexity index is 1420. The number of aromatic nitrogens is 3. The first-order chi connectivity index (χ1) is 15.7. The predicted molar refractivity (Wildman–Crippen MR) is 126 cm³/mol. The van der Waals surface area contributed by atoms with Gasteiger partial charge in [-0.2, -0.15) is 0 Å². The summed E-state index contributed by atoms with van der Waals surface area (Å²) in [5.41, 5.74) is 4.62. The summed E-state index contributed by atoms with van der Waals surface area (Å²) in [5, 5.41) is 21.1. The normalized spacial score (nSPS) is 11.2. The third kappa shape index (κ3) is 3.95. The third-order valence-corrected chi connectivity index (χ3v) is 6.16. The van der Waals surface area contributed by atoms with Crippen LogP contribution < -0.4 is 5.32 Å². The van der Waals surface area contributed by atoms with Crippen molar-refractivity contribution >= 4 is 34.2 Å². The fourth-order valence-electron chi connectivity index (χ4n) is 3.70. The van der Waals surface area contributed by atoms with E-state index >= 15 is 0 Å². The lowest BCUT2D eigenvalue weighted by Gasteiger charge is -2.11. The number of fused-ring (bicyclic) bond motifs is 3. The molecule has 0 spiro atoms. The molecule has 6 nitrogen and oxygen atoms in total. The minimum absolute atomic E-state index is 0.0835. The molecule has 1 amide bonds. The van der Waals surface area contributed by atoms with Crippen LogP contribution in [0.1, 0.15) is 10.4 Å². The average molecular weight is 441 g/mol. The summed E-state index contributed by atoms with van der Waals surface area (Å²) in [6, 6.07) is 26.1. The van der Waals surface area contributed by atoms with Gasteiger partial charge in [-0.25, -0.2) is 0 Å². The van der Waals surface area contributed by atoms with Crippen LogP contribution >= 0.6 is 11.8 Å². The highest BCUT2D eigenvalue weighted by Gasteiger charge is 2.12. The molecule has 0 aliphatic heterocycles. The summed E-state index contributed by atoms with van der Waals surface area (Å²) in [7, 11) is 0. The number of aliphatic hydroxyl groups excluding tert-OH is 1. The van der Waals surface area contributed by atoms with E-state index in [0.29, 0.717) is 5.56 Å². The SMILES string of the molecule is O=C(NCCO)c1cccc(Sc2ccc3c(-c4ccccc4)cc4nncn4c3c2)c1. The molecule has 3 aromatic carbocycles. The molecule has 0 aliphatic carbocycles. The molecule has 158 valence electrons. The molecule has 2 aromatic heterocycles. The molecule has 0 bridgehead atoms. The Hall–Kier alpha value is -3.68. The van der Waals surface area contributed by atoms with Crippen molar-refractivity contribution in [3.05, 3.63) is 90.8 Å². The van der Waals surface area contributed by atoms with Crippen molar-refractivity contribution in [1.29, 1.82) is 0 Å². The Morgan fingerprint density at radius 3 is 2.66 bits per heavy atom. The molecule has 0 unspecified atom stereocenters. The molecule has 0 aliphatic rings. The summed E-state index contributed by atoms with van der Waals surface area (Å²) < 4.78 is 1.99. The molecule has 0 saturated heterocycles. The summed E-state index contributed by atoms with van der Waals surface area (Å²) >= 11 is 1.59. The standard InChI is InChI=1S/C25H20N4O2S/c30-12-11-26-25(31)18-7-4-8-19(13-18)32-20-9-10-21-22(17-5-2-1-3-6-17)15-24-28-27-16-29(24)23(21)14-20/h1-10,13-16,30H,11-12H2,(H,26,31). The number of aliphatic hydroxyl groups is 1. The summed E-state index contributed by atoms with van der Waals surface area (Å²) in [6.07, 6.45) is 1.73. The monoisotopic (exact) mass is 440 g/mol. The number of carbonyl (C=O) groups excluding carboxylic acids is 1. The Kier molecular flexibility index (Phi) is 5.58. The lowest BCUT2D eigenvalue weighted by Crippen LogP contribution is -2.26. The van der Waals surface area contributed by atoms with Gasteiger partial charge in [0.15, 0.2) is 5.65 Å². The van der Waals surface area contributed by atoms with Crippen molar-refractivity contribution < 1.29 is 9.90 Å². The van der Waals surface area contributed by atoms with E-state index in [1.165, 1.54) is 0 Å². The van der Waals surface area contributed by atoms with Gasteiger partial charge in [-0.15, -0.1) is 10.2 Å². The fraction of sp³-hybridized carbons (Fsp3) is 0.0800. The van der Waals surface area contributed by atoms with Crippen molar-refractivity contribution in [2.45, 2.75) is 9.79 Å². The van der Waals surface area contributed by atoms with E-state index in [9.17, 15) is 4.79 Å². The largest absolute Gasteiger partial charge is 0.395 e. The molecule has 7 heteroatoms. The average Bonchev–Trinajstić information content (AvgIpc) is 3.32. The van der Waals surface area contributed by atoms with Gasteiger partial charge in [-0.05, 0) is 47.5 Å². The Labute approximate surface area is 188 Å². The zero-order chi connectivity index (χ0) is 21.9. The van der Waals surface area contributed by atoms with E-state index in [2.05, 4.69) is 51.9 Å². The van der Waals surface area contributed by atoms with Crippen LogP contribution in [0.2, 0.25) is 0 Å². The maximum atomic E-state index is 12.2. The van der Waals surface area contributed by atoms with Crippen molar-refractivity contribution in [3.63, 3.8) is 0 Å². The predicted octanol–water partition coefficient (Wildman–Crippen LogP) is 4.42. The fourth-order valence-corrected chi connectivity index (χ4v) is 4.61. The number of nitrogens with zero attached hydrogens (tertiary/aromatic N) is 3. The van der Waals surface area contributed by atoms with Crippen molar-refractivity contribution in [2.24, 2.45) is 0 Å². The first-order valence-corrected chi connectivity index (χ1v) is 11.0. The summed E-state index contributed by atoms with van der Waals surface area (Å²) in [5.74, 6) is -0.196. The summed E-state index contributed by atoms with van der Waals surface area (Å²) in [6.45, 7) is 0.152. The van der Waals surface area contributed by atoms with Gasteiger partial charge in [0.1, 0.15) is 6.33 Å². The molecule has 2 heterocycles. The van der Waals surface area contributed by atoms with Crippen LogP contribution in [0.15, 0.2) is 95.0 Å². The molecule has 0 fully saturated rings. The van der Waals surface area contributed by atoms with E-state index in [-0.39, 0.29) is 19.1 Å². The molecule has 0 saturated carbocycles. The van der Waals surface area contributed by atoms with Crippen LogP contribution in [0.3, 0.4) is 0 Å². The quantitative estimate of drug-likeness (QED) is 0.409. The number of amides is 1. The highest BCUT2D eigenvalue weighted by molar-refractivity contribution is 7.99. The zero-order valence-electron chi connectivity index (χ0n) is 17.1. The second kappa shape index (κ2) is 8.82. The van der Waals surface area contributed by atoms with Gasteiger partial charge in [-0.3, -0.25) is 9.20 Å². The van der Waals surface area contributed by atoms with Crippen LogP contribution in [-0.2, 0) is 0 Å². The van der Waals surface area contributed by atoms with Gasteiger partial charge in [0, 0.05) is 27.3 Å². The zero-order valence-corrected chi connectivity index (χ0v) is 17.9. The maximum Gasteiger partial charge on any atom is 0.251 e. The van der Waals surface area contributed by atoms with Gasteiger partial charge in [0.2, 0.25) is 0 Å². The van der Waals surface area contributed by atoms with Gasteiger partial charge in [0.05, 0.1) is 12.1 Å². The topological polar surface area (TPSA) is 79.5 Å². The third-order valence-electron chi connectivity index (χ3n) is 5.18. The Morgan fingerprint density at radius 1 is 0.969 bits per heavy atom. The van der Waals surface area contributed by atoms with Crippen LogP contribution in [0.5, 0.6) is 0 Å². The lowest BCUT2D eigenvalue weighted by molar-refractivity contribution is 0.0944. The van der Waals surface area contributed by atoms with E-state index in [0.717, 1.165) is 37.5 Å². The Morgan fingerprint density at radius 2 is 1.81 bits per heavy atom. The smallest absolute Gasteiger partial charge is 0.251 e. The molecule has 2 N–H and O–H groups in total. The number of hydrogen-bond acceptors (Lipinski definition) is 5. The van der Waals surface area contributed by atoms with Crippen LogP contribution in [0.25, 0.3) is 27.7 Å². The van der Waals surface area contributed by atoms with Gasteiger partial charge in [0.25, 0.3) is 5.91 Å².